The monoisotopic (exact) mass is 340 g/mol. The molecule has 128 valence electrons. The number of phenols is 2. The lowest BCUT2D eigenvalue weighted by Gasteiger charge is -2.23. The van der Waals surface area contributed by atoms with Crippen LogP contribution < -0.4 is 14.2 Å². The SMILES string of the molecule is Cc1c(O)c(C)c2c(c1O)C(=O)/C(=C/c1ccc3c(c1)OCO3)CO2. The molecule has 2 aliphatic rings. The molecular weight excluding hydrogens is 324 g/mol. The summed E-state index contributed by atoms with van der Waals surface area (Å²) in [4.78, 5) is 12.8. The molecule has 6 nitrogen and oxygen atoms in total. The van der Waals surface area contributed by atoms with Crippen LogP contribution in [0.1, 0.15) is 27.0 Å². The molecule has 0 unspecified atom stereocenters. The normalized spacial score (nSPS) is 16.7. The lowest BCUT2D eigenvalue weighted by molar-refractivity contribution is 0.0996. The molecule has 25 heavy (non-hydrogen) atoms. The van der Waals surface area contributed by atoms with Crippen LogP contribution in [0.25, 0.3) is 6.08 Å². The molecule has 0 aliphatic carbocycles. The molecule has 2 aromatic rings. The maximum Gasteiger partial charge on any atom is 0.231 e. The number of carbonyl (C=O) groups is 1. The minimum absolute atomic E-state index is 0.0586. The van der Waals surface area contributed by atoms with E-state index in [1.165, 1.54) is 0 Å². The van der Waals surface area contributed by atoms with E-state index >= 15 is 0 Å². The smallest absolute Gasteiger partial charge is 0.231 e. The quantitative estimate of drug-likeness (QED) is 0.776. The van der Waals surface area contributed by atoms with Gasteiger partial charge < -0.3 is 24.4 Å². The first-order chi connectivity index (χ1) is 12.0. The van der Waals surface area contributed by atoms with Crippen LogP contribution in [0.3, 0.4) is 0 Å². The molecule has 0 fully saturated rings. The van der Waals surface area contributed by atoms with Gasteiger partial charge >= 0.3 is 0 Å². The Morgan fingerprint density at radius 3 is 2.56 bits per heavy atom. The highest BCUT2D eigenvalue weighted by atomic mass is 16.7. The van der Waals surface area contributed by atoms with E-state index in [1.54, 1.807) is 32.1 Å². The first-order valence-corrected chi connectivity index (χ1v) is 7.80. The van der Waals surface area contributed by atoms with Crippen molar-refractivity contribution in [3.8, 4) is 28.7 Å². The van der Waals surface area contributed by atoms with Crippen molar-refractivity contribution in [3.63, 3.8) is 0 Å². The van der Waals surface area contributed by atoms with E-state index in [1.807, 2.05) is 6.07 Å². The van der Waals surface area contributed by atoms with Crippen molar-refractivity contribution in [2.24, 2.45) is 0 Å². The van der Waals surface area contributed by atoms with Gasteiger partial charge in [-0.3, -0.25) is 4.79 Å². The van der Waals surface area contributed by atoms with E-state index in [0.29, 0.717) is 22.6 Å². The van der Waals surface area contributed by atoms with Gasteiger partial charge in [-0.15, -0.1) is 0 Å². The van der Waals surface area contributed by atoms with Gasteiger partial charge in [-0.05, 0) is 37.6 Å². The van der Waals surface area contributed by atoms with E-state index in [2.05, 4.69) is 0 Å². The van der Waals surface area contributed by atoms with E-state index in [0.717, 1.165) is 5.56 Å². The minimum Gasteiger partial charge on any atom is -0.507 e. The fourth-order valence-electron chi connectivity index (χ4n) is 3.06. The maximum atomic E-state index is 12.8. The minimum atomic E-state index is -0.317. The van der Waals surface area contributed by atoms with Crippen LogP contribution in [0.2, 0.25) is 0 Å². The molecular formula is C19H16O6. The van der Waals surface area contributed by atoms with Crippen LogP contribution in [-0.2, 0) is 0 Å². The molecule has 0 radical (unpaired) electrons. The Hall–Kier alpha value is -3.15. The molecule has 2 heterocycles. The number of benzene rings is 2. The summed E-state index contributed by atoms with van der Waals surface area (Å²) >= 11 is 0. The summed E-state index contributed by atoms with van der Waals surface area (Å²) in [5, 5.41) is 20.3. The van der Waals surface area contributed by atoms with Crippen LogP contribution in [-0.4, -0.2) is 29.4 Å². The van der Waals surface area contributed by atoms with Crippen molar-refractivity contribution in [1.29, 1.82) is 0 Å². The Morgan fingerprint density at radius 1 is 1.00 bits per heavy atom. The number of ketones is 1. The molecule has 0 spiro atoms. The van der Waals surface area contributed by atoms with Crippen molar-refractivity contribution in [1.82, 2.24) is 0 Å². The van der Waals surface area contributed by atoms with Crippen LogP contribution in [0.4, 0.5) is 0 Å². The molecule has 0 saturated heterocycles. The number of rotatable bonds is 1. The first-order valence-electron chi connectivity index (χ1n) is 7.80. The summed E-state index contributed by atoms with van der Waals surface area (Å²) in [7, 11) is 0. The molecule has 0 amide bonds. The topological polar surface area (TPSA) is 85.2 Å². The fourth-order valence-corrected chi connectivity index (χ4v) is 3.06. The molecule has 0 atom stereocenters. The molecule has 4 rings (SSSR count). The number of Topliss-reactive ketones (excluding diaryl/α,β-unsaturated/α-hetero) is 1. The average molecular weight is 340 g/mol. The van der Waals surface area contributed by atoms with Crippen LogP contribution in [0.5, 0.6) is 28.7 Å². The fraction of sp³-hybridized carbons (Fsp3) is 0.211. The number of fused-ring (bicyclic) bond motifs is 2. The summed E-state index contributed by atoms with van der Waals surface area (Å²) < 4.78 is 16.3. The standard InChI is InChI=1S/C19H16O6/c1-9-16(20)10(2)19-15(17(9)21)18(22)12(7-23-19)5-11-3-4-13-14(6-11)25-8-24-13/h3-6,20-21H,7-8H2,1-2H3/b12-5+. The summed E-state index contributed by atoms with van der Waals surface area (Å²) in [5.74, 6) is 0.888. The van der Waals surface area contributed by atoms with Crippen LogP contribution >= 0.6 is 0 Å². The summed E-state index contributed by atoms with van der Waals surface area (Å²) in [5.41, 5.74) is 1.97. The van der Waals surface area contributed by atoms with Crippen molar-refractivity contribution in [3.05, 3.63) is 46.0 Å². The van der Waals surface area contributed by atoms with Gasteiger partial charge in [0.1, 0.15) is 29.4 Å². The second kappa shape index (κ2) is 5.44. The van der Waals surface area contributed by atoms with E-state index < -0.39 is 0 Å². The predicted molar refractivity (Wildman–Crippen MR) is 89.6 cm³/mol. The zero-order valence-corrected chi connectivity index (χ0v) is 13.8. The van der Waals surface area contributed by atoms with Crippen LogP contribution in [0, 0.1) is 13.8 Å². The predicted octanol–water partition coefficient (Wildman–Crippen LogP) is 3.10. The largest absolute Gasteiger partial charge is 0.507 e. The number of phenolic OH excluding ortho intramolecular Hbond substituents is 2. The third kappa shape index (κ3) is 2.29. The second-order valence-electron chi connectivity index (χ2n) is 6.05. The number of ether oxygens (including phenoxy) is 3. The van der Waals surface area contributed by atoms with Crippen molar-refractivity contribution in [2.75, 3.05) is 13.4 Å². The third-order valence-electron chi connectivity index (χ3n) is 4.50. The molecule has 6 heteroatoms. The van der Waals surface area contributed by atoms with Crippen molar-refractivity contribution >= 4 is 11.9 Å². The molecule has 2 aromatic carbocycles. The molecule has 2 N–H and O–H groups in total. The Kier molecular flexibility index (Phi) is 3.35. The van der Waals surface area contributed by atoms with Gasteiger partial charge in [0.05, 0.1) is 0 Å². The van der Waals surface area contributed by atoms with Gasteiger partial charge in [0, 0.05) is 16.7 Å². The highest BCUT2D eigenvalue weighted by Crippen LogP contribution is 2.44. The zero-order chi connectivity index (χ0) is 17.7. The molecule has 0 saturated carbocycles. The maximum absolute atomic E-state index is 12.8. The highest BCUT2D eigenvalue weighted by molar-refractivity contribution is 6.16. The zero-order valence-electron chi connectivity index (χ0n) is 13.8. The first kappa shape index (κ1) is 15.4. The van der Waals surface area contributed by atoms with Gasteiger partial charge in [-0.1, -0.05) is 6.07 Å². The summed E-state index contributed by atoms with van der Waals surface area (Å²) in [6.45, 7) is 3.45. The lowest BCUT2D eigenvalue weighted by Crippen LogP contribution is -2.20. The highest BCUT2D eigenvalue weighted by Gasteiger charge is 2.31. The average Bonchev–Trinajstić information content (AvgIpc) is 3.07. The van der Waals surface area contributed by atoms with E-state index in [9.17, 15) is 15.0 Å². The third-order valence-corrected chi connectivity index (χ3v) is 4.50. The Bertz CT molecular complexity index is 942. The van der Waals surface area contributed by atoms with Crippen molar-refractivity contribution in [2.45, 2.75) is 13.8 Å². The Labute approximate surface area is 143 Å². The van der Waals surface area contributed by atoms with Crippen LogP contribution in [0.15, 0.2) is 23.8 Å². The lowest BCUT2D eigenvalue weighted by atomic mass is 9.93. The summed E-state index contributed by atoms with van der Waals surface area (Å²) in [6, 6.07) is 5.38. The summed E-state index contributed by atoms with van der Waals surface area (Å²) in [6.07, 6.45) is 1.70. The Morgan fingerprint density at radius 2 is 1.76 bits per heavy atom. The number of carbonyl (C=O) groups excluding carboxylic acids is 1. The Balaban J connectivity index is 1.77. The van der Waals surface area contributed by atoms with E-state index in [4.69, 9.17) is 14.2 Å². The van der Waals surface area contributed by atoms with Gasteiger partial charge in [-0.25, -0.2) is 0 Å². The number of hydrogen-bond donors (Lipinski definition) is 2. The van der Waals surface area contributed by atoms with Gasteiger partial charge in [0.15, 0.2) is 17.3 Å². The van der Waals surface area contributed by atoms with Gasteiger partial charge in [0.2, 0.25) is 6.79 Å². The number of hydrogen-bond acceptors (Lipinski definition) is 6. The second-order valence-corrected chi connectivity index (χ2v) is 6.05. The molecule has 0 bridgehead atoms. The van der Waals surface area contributed by atoms with E-state index in [-0.39, 0.29) is 47.6 Å². The molecule has 0 aromatic heterocycles. The van der Waals surface area contributed by atoms with Crippen molar-refractivity contribution < 1.29 is 29.2 Å². The van der Waals surface area contributed by atoms with Gasteiger partial charge in [0.25, 0.3) is 0 Å². The molecule has 2 aliphatic heterocycles. The van der Waals surface area contributed by atoms with Gasteiger partial charge in [-0.2, -0.15) is 0 Å². The number of aromatic hydroxyl groups is 2.